The van der Waals surface area contributed by atoms with E-state index in [1.165, 1.54) is 11.3 Å². The van der Waals surface area contributed by atoms with E-state index in [9.17, 15) is 0 Å². The third-order valence-electron chi connectivity index (χ3n) is 2.37. The van der Waals surface area contributed by atoms with Crippen LogP contribution >= 0.6 is 49.9 Å². The molecule has 0 fully saturated rings. The molecule has 0 spiro atoms. The molecular formula is C13H14BrIN4OS. The smallest absolute Gasteiger partial charge is 0.205 e. The Morgan fingerprint density at radius 3 is 3.05 bits per heavy atom. The second kappa shape index (κ2) is 7.95. The summed E-state index contributed by atoms with van der Waals surface area (Å²) in [5, 5.41) is 6.61. The second-order valence-corrected chi connectivity index (χ2v) is 7.04. The fourth-order valence-corrected chi connectivity index (χ4v) is 3.78. The molecule has 1 aromatic heterocycles. The lowest BCUT2D eigenvalue weighted by molar-refractivity contribution is 0.315. The van der Waals surface area contributed by atoms with Crippen LogP contribution in [0.4, 0.5) is 10.9 Å². The van der Waals surface area contributed by atoms with Gasteiger partial charge in [0.05, 0.1) is 16.4 Å². The van der Waals surface area contributed by atoms with Crippen LogP contribution in [0.3, 0.4) is 0 Å². The molecule has 3 N–H and O–H groups in total. The summed E-state index contributed by atoms with van der Waals surface area (Å²) in [6.45, 7) is 2.75. The van der Waals surface area contributed by atoms with Gasteiger partial charge in [0.2, 0.25) is 5.13 Å². The highest BCUT2D eigenvalue weighted by Crippen LogP contribution is 2.29. The summed E-state index contributed by atoms with van der Waals surface area (Å²) in [6.07, 6.45) is 2.68. The number of halogens is 2. The number of nitrogen functional groups attached to an aromatic ring is 1. The summed E-state index contributed by atoms with van der Waals surface area (Å²) in [5.41, 5.74) is 9.32. The van der Waals surface area contributed by atoms with Gasteiger partial charge in [-0.1, -0.05) is 22.9 Å². The molecule has 0 aliphatic carbocycles. The van der Waals surface area contributed by atoms with Gasteiger partial charge in [0, 0.05) is 15.4 Å². The molecule has 0 saturated heterocycles. The first kappa shape index (κ1) is 16.5. The fraction of sp³-hybridized carbons (Fsp3) is 0.231. The van der Waals surface area contributed by atoms with Crippen molar-refractivity contribution in [1.29, 1.82) is 0 Å². The van der Waals surface area contributed by atoms with Crippen LogP contribution in [0.25, 0.3) is 0 Å². The predicted molar refractivity (Wildman–Crippen MR) is 100 cm³/mol. The topological polar surface area (TPSA) is 72.5 Å². The molecule has 0 radical (unpaired) electrons. The number of rotatable bonds is 6. The normalized spacial score (nSPS) is 11.0. The lowest BCUT2D eigenvalue weighted by Crippen LogP contribution is -2.01. The Bertz CT molecular complexity index is 647. The molecule has 0 saturated carbocycles. The number of nitrogens with two attached hydrogens (primary N) is 1. The van der Waals surface area contributed by atoms with E-state index >= 15 is 0 Å². The number of ether oxygens (including phenoxy) is 1. The molecule has 0 atom stereocenters. The molecule has 5 nitrogen and oxygen atoms in total. The van der Waals surface area contributed by atoms with Crippen molar-refractivity contribution in [2.45, 2.75) is 13.3 Å². The minimum atomic E-state index is 0.488. The Labute approximate surface area is 149 Å². The Balaban J connectivity index is 2.17. The van der Waals surface area contributed by atoms with Crippen molar-refractivity contribution in [1.82, 2.24) is 4.98 Å². The number of hydrazone groups is 1. The largest absolute Gasteiger partial charge is 0.492 e. The molecule has 0 aliphatic heterocycles. The Morgan fingerprint density at radius 2 is 2.38 bits per heavy atom. The zero-order valence-electron chi connectivity index (χ0n) is 11.3. The Kier molecular flexibility index (Phi) is 6.24. The molecule has 0 bridgehead atoms. The SMILES string of the molecule is CCCOc1c(I)cc(Br)cc1C=NNc1nc(N)cs1. The zero-order chi connectivity index (χ0) is 15.2. The van der Waals surface area contributed by atoms with Gasteiger partial charge in [-0.3, -0.25) is 5.43 Å². The van der Waals surface area contributed by atoms with E-state index in [0.29, 0.717) is 17.6 Å². The molecule has 2 aromatic rings. The van der Waals surface area contributed by atoms with Crippen LogP contribution in [-0.4, -0.2) is 17.8 Å². The van der Waals surface area contributed by atoms with Crippen molar-refractivity contribution >= 4 is 67.0 Å². The first-order valence-electron chi connectivity index (χ1n) is 6.22. The highest BCUT2D eigenvalue weighted by Gasteiger charge is 2.08. The summed E-state index contributed by atoms with van der Waals surface area (Å²) >= 11 is 7.15. The molecule has 0 amide bonds. The third-order valence-corrected chi connectivity index (χ3v) is 4.40. The van der Waals surface area contributed by atoms with Crippen LogP contribution in [0, 0.1) is 3.57 Å². The van der Waals surface area contributed by atoms with Crippen LogP contribution in [0.5, 0.6) is 5.75 Å². The van der Waals surface area contributed by atoms with Crippen LogP contribution in [-0.2, 0) is 0 Å². The van der Waals surface area contributed by atoms with E-state index in [-0.39, 0.29) is 0 Å². The molecule has 112 valence electrons. The minimum absolute atomic E-state index is 0.488. The van der Waals surface area contributed by atoms with Gasteiger partial charge >= 0.3 is 0 Å². The number of thiazole rings is 1. The van der Waals surface area contributed by atoms with Crippen molar-refractivity contribution in [3.05, 3.63) is 31.1 Å². The van der Waals surface area contributed by atoms with Crippen LogP contribution in [0.2, 0.25) is 0 Å². The number of aromatic nitrogens is 1. The standard InChI is InChI=1S/C13H14BrIN4OS/c1-2-3-20-12-8(4-9(14)5-10(12)15)6-17-19-13-18-11(16)7-21-13/h4-7H,2-3,16H2,1H3,(H,18,19). The van der Waals surface area contributed by atoms with Crippen LogP contribution < -0.4 is 15.9 Å². The number of hydrogen-bond acceptors (Lipinski definition) is 6. The molecular weight excluding hydrogens is 467 g/mol. The molecule has 0 aliphatic rings. The summed E-state index contributed by atoms with van der Waals surface area (Å²) < 4.78 is 7.82. The summed E-state index contributed by atoms with van der Waals surface area (Å²) in [6, 6.07) is 3.98. The average Bonchev–Trinajstić information content (AvgIpc) is 2.83. The highest BCUT2D eigenvalue weighted by molar-refractivity contribution is 14.1. The van der Waals surface area contributed by atoms with E-state index in [1.54, 1.807) is 11.6 Å². The molecule has 2 rings (SSSR count). The zero-order valence-corrected chi connectivity index (χ0v) is 15.8. The molecule has 0 unspecified atom stereocenters. The van der Waals surface area contributed by atoms with E-state index in [2.05, 4.69) is 61.0 Å². The average molecular weight is 481 g/mol. The lowest BCUT2D eigenvalue weighted by atomic mass is 10.2. The van der Waals surface area contributed by atoms with Gasteiger partial charge in [0.15, 0.2) is 0 Å². The van der Waals surface area contributed by atoms with Crippen LogP contribution in [0.15, 0.2) is 27.1 Å². The highest BCUT2D eigenvalue weighted by atomic mass is 127. The summed E-state index contributed by atoms with van der Waals surface area (Å²) in [4.78, 5) is 4.08. The fourth-order valence-electron chi connectivity index (χ4n) is 1.53. The van der Waals surface area contributed by atoms with Crippen molar-refractivity contribution in [3.63, 3.8) is 0 Å². The van der Waals surface area contributed by atoms with Gasteiger partial charge in [0.1, 0.15) is 11.6 Å². The first-order valence-corrected chi connectivity index (χ1v) is 8.97. The van der Waals surface area contributed by atoms with Gasteiger partial charge in [-0.25, -0.2) is 4.98 Å². The minimum Gasteiger partial charge on any atom is -0.492 e. The van der Waals surface area contributed by atoms with Crippen molar-refractivity contribution in [2.75, 3.05) is 17.8 Å². The molecule has 21 heavy (non-hydrogen) atoms. The second-order valence-electron chi connectivity index (χ2n) is 4.10. The molecule has 1 aromatic carbocycles. The first-order chi connectivity index (χ1) is 10.1. The Morgan fingerprint density at radius 1 is 1.57 bits per heavy atom. The number of nitrogens with zero attached hydrogens (tertiary/aromatic N) is 2. The van der Waals surface area contributed by atoms with E-state index in [4.69, 9.17) is 10.5 Å². The van der Waals surface area contributed by atoms with Crippen molar-refractivity contribution in [3.8, 4) is 5.75 Å². The van der Waals surface area contributed by atoms with Gasteiger partial charge in [-0.15, -0.1) is 11.3 Å². The lowest BCUT2D eigenvalue weighted by Gasteiger charge is -2.11. The number of hydrogen-bond donors (Lipinski definition) is 2. The molecule has 1 heterocycles. The van der Waals surface area contributed by atoms with Crippen molar-refractivity contribution in [2.24, 2.45) is 5.10 Å². The quantitative estimate of drug-likeness (QED) is 0.366. The van der Waals surface area contributed by atoms with Crippen molar-refractivity contribution < 1.29 is 4.74 Å². The number of anilines is 2. The van der Waals surface area contributed by atoms with E-state index in [1.807, 2.05) is 12.1 Å². The summed E-state index contributed by atoms with van der Waals surface area (Å²) in [7, 11) is 0. The number of nitrogens with one attached hydrogen (secondary N) is 1. The van der Waals surface area contributed by atoms with E-state index in [0.717, 1.165) is 25.8 Å². The maximum absolute atomic E-state index is 5.80. The van der Waals surface area contributed by atoms with E-state index < -0.39 is 0 Å². The number of benzene rings is 1. The predicted octanol–water partition coefficient (Wildman–Crippen LogP) is 4.33. The maximum Gasteiger partial charge on any atom is 0.205 e. The van der Waals surface area contributed by atoms with Gasteiger partial charge in [-0.05, 0) is 41.1 Å². The Hall–Kier alpha value is -0.870. The van der Waals surface area contributed by atoms with Gasteiger partial charge < -0.3 is 10.5 Å². The van der Waals surface area contributed by atoms with Gasteiger partial charge in [0.25, 0.3) is 0 Å². The maximum atomic E-state index is 5.80. The van der Waals surface area contributed by atoms with Gasteiger partial charge in [-0.2, -0.15) is 5.10 Å². The van der Waals surface area contributed by atoms with Crippen LogP contribution in [0.1, 0.15) is 18.9 Å². The molecule has 8 heteroatoms. The summed E-state index contributed by atoms with van der Waals surface area (Å²) in [5.74, 6) is 1.33. The third kappa shape index (κ3) is 4.82. The monoisotopic (exact) mass is 480 g/mol.